The van der Waals surface area contributed by atoms with Gasteiger partial charge in [0.05, 0.1) is 5.56 Å². The van der Waals surface area contributed by atoms with Gasteiger partial charge in [0.15, 0.2) is 0 Å². The van der Waals surface area contributed by atoms with Gasteiger partial charge in [-0.05, 0) is 19.4 Å². The Morgan fingerprint density at radius 2 is 1.71 bits per heavy atom. The fourth-order valence-electron chi connectivity index (χ4n) is 1.99. The van der Waals surface area contributed by atoms with Crippen molar-refractivity contribution in [2.45, 2.75) is 20.4 Å². The molecule has 1 aromatic heterocycles. The van der Waals surface area contributed by atoms with E-state index in [1.54, 1.807) is 12.4 Å². The molecule has 0 aliphatic rings. The molecule has 110 valence electrons. The Balaban J connectivity index is 1.97. The molecule has 0 atom stereocenters. The minimum absolute atomic E-state index is 0.162. The van der Waals surface area contributed by atoms with Crippen LogP contribution in [0.1, 0.15) is 29.8 Å². The number of aromatic nitrogens is 2. The zero-order valence-corrected chi connectivity index (χ0v) is 12.4. The largest absolute Gasteiger partial charge is 0.348 e. The second-order valence-electron chi connectivity index (χ2n) is 4.61. The van der Waals surface area contributed by atoms with Crippen LogP contribution in [-0.2, 0) is 6.54 Å². The molecule has 1 N–H and O–H groups in total. The van der Waals surface area contributed by atoms with Crippen molar-refractivity contribution < 1.29 is 4.79 Å². The molecule has 0 radical (unpaired) electrons. The average molecular weight is 284 g/mol. The number of hydrogen-bond donors (Lipinski definition) is 1. The minimum Gasteiger partial charge on any atom is -0.348 e. The number of carbonyl (C=O) groups excluding carboxylic acids is 1. The summed E-state index contributed by atoms with van der Waals surface area (Å²) in [5.41, 5.74) is 1.54. The lowest BCUT2D eigenvalue weighted by Gasteiger charge is -2.17. The third-order valence-electron chi connectivity index (χ3n) is 3.24. The summed E-state index contributed by atoms with van der Waals surface area (Å²) >= 11 is 0. The Hall–Kier alpha value is -2.43. The number of hydrogen-bond acceptors (Lipinski definition) is 4. The predicted molar refractivity (Wildman–Crippen MR) is 83.2 cm³/mol. The molecule has 1 amide bonds. The summed E-state index contributed by atoms with van der Waals surface area (Å²) in [6.07, 6.45) is 3.14. The molecule has 5 heteroatoms. The molecule has 2 aromatic rings. The monoisotopic (exact) mass is 284 g/mol. The molecule has 0 saturated heterocycles. The molecule has 1 aromatic carbocycles. The van der Waals surface area contributed by atoms with Gasteiger partial charge in [-0.25, -0.2) is 9.97 Å². The molecular formula is C16H20N4O. The number of amides is 1. The van der Waals surface area contributed by atoms with Crippen LogP contribution >= 0.6 is 0 Å². The van der Waals surface area contributed by atoms with Gasteiger partial charge in [0.2, 0.25) is 5.95 Å². The fourth-order valence-corrected chi connectivity index (χ4v) is 1.99. The molecule has 0 unspecified atom stereocenters. The van der Waals surface area contributed by atoms with E-state index in [1.165, 1.54) is 0 Å². The molecule has 0 aliphatic carbocycles. The van der Waals surface area contributed by atoms with Crippen LogP contribution in [-0.4, -0.2) is 29.0 Å². The van der Waals surface area contributed by atoms with Crippen LogP contribution < -0.4 is 10.2 Å². The number of rotatable bonds is 6. The normalized spacial score (nSPS) is 10.2. The first-order valence-electron chi connectivity index (χ1n) is 7.13. The summed E-state index contributed by atoms with van der Waals surface area (Å²) < 4.78 is 0. The van der Waals surface area contributed by atoms with Crippen LogP contribution in [0.15, 0.2) is 42.7 Å². The Labute approximate surface area is 125 Å². The predicted octanol–water partition coefficient (Wildman–Crippen LogP) is 2.25. The van der Waals surface area contributed by atoms with Crippen molar-refractivity contribution in [1.29, 1.82) is 0 Å². The Morgan fingerprint density at radius 1 is 1.10 bits per heavy atom. The summed E-state index contributed by atoms with van der Waals surface area (Å²) in [6, 6.07) is 9.79. The fraction of sp³-hybridized carbons (Fsp3) is 0.312. The van der Waals surface area contributed by atoms with Gasteiger partial charge >= 0.3 is 0 Å². The molecule has 21 heavy (non-hydrogen) atoms. The number of nitrogens with one attached hydrogen (secondary N) is 1. The van der Waals surface area contributed by atoms with Crippen molar-refractivity contribution in [3.8, 4) is 0 Å². The van der Waals surface area contributed by atoms with E-state index < -0.39 is 0 Å². The van der Waals surface area contributed by atoms with Gasteiger partial charge in [0, 0.05) is 32.0 Å². The molecular weight excluding hydrogens is 264 g/mol. The molecule has 1 heterocycles. The highest BCUT2D eigenvalue weighted by atomic mass is 16.1. The van der Waals surface area contributed by atoms with Gasteiger partial charge < -0.3 is 10.2 Å². The van der Waals surface area contributed by atoms with E-state index in [2.05, 4.69) is 15.3 Å². The quantitative estimate of drug-likeness (QED) is 0.884. The lowest BCUT2D eigenvalue weighted by molar-refractivity contribution is 0.0950. The van der Waals surface area contributed by atoms with E-state index in [4.69, 9.17) is 0 Å². The second kappa shape index (κ2) is 7.38. The number of nitrogens with zero attached hydrogens (tertiary/aromatic N) is 3. The van der Waals surface area contributed by atoms with E-state index in [0.29, 0.717) is 18.1 Å². The first-order valence-corrected chi connectivity index (χ1v) is 7.13. The first kappa shape index (κ1) is 15.0. The molecule has 5 nitrogen and oxygen atoms in total. The lowest BCUT2D eigenvalue weighted by atomic mass is 10.2. The van der Waals surface area contributed by atoms with Gasteiger partial charge in [-0.2, -0.15) is 0 Å². The highest BCUT2D eigenvalue weighted by molar-refractivity contribution is 5.93. The van der Waals surface area contributed by atoms with E-state index in [1.807, 2.05) is 49.1 Å². The summed E-state index contributed by atoms with van der Waals surface area (Å²) in [4.78, 5) is 22.6. The SMILES string of the molecule is CCN(CC)c1ncc(C(=O)NCc2ccccc2)cn1. The maximum absolute atomic E-state index is 12.0. The van der Waals surface area contributed by atoms with Crippen molar-refractivity contribution in [3.05, 3.63) is 53.9 Å². The summed E-state index contributed by atoms with van der Waals surface area (Å²) in [5.74, 6) is 0.490. The molecule has 0 aliphatic heterocycles. The number of anilines is 1. The van der Waals surface area contributed by atoms with Gasteiger partial charge in [-0.1, -0.05) is 30.3 Å². The molecule has 0 bridgehead atoms. The lowest BCUT2D eigenvalue weighted by Crippen LogP contribution is -2.26. The van der Waals surface area contributed by atoms with Crippen molar-refractivity contribution in [3.63, 3.8) is 0 Å². The number of carbonyl (C=O) groups is 1. The van der Waals surface area contributed by atoms with Crippen LogP contribution in [0.4, 0.5) is 5.95 Å². The Kier molecular flexibility index (Phi) is 5.26. The van der Waals surface area contributed by atoms with Crippen LogP contribution in [0.3, 0.4) is 0 Å². The average Bonchev–Trinajstić information content (AvgIpc) is 2.55. The third-order valence-corrected chi connectivity index (χ3v) is 3.24. The maximum Gasteiger partial charge on any atom is 0.254 e. The second-order valence-corrected chi connectivity index (χ2v) is 4.61. The van der Waals surface area contributed by atoms with Crippen molar-refractivity contribution in [1.82, 2.24) is 15.3 Å². The molecule has 0 fully saturated rings. The third kappa shape index (κ3) is 4.02. The highest BCUT2D eigenvalue weighted by Crippen LogP contribution is 2.06. The van der Waals surface area contributed by atoms with E-state index >= 15 is 0 Å². The molecule has 2 rings (SSSR count). The molecule has 0 saturated carbocycles. The minimum atomic E-state index is -0.162. The molecule has 0 spiro atoms. The van der Waals surface area contributed by atoms with Crippen LogP contribution in [0.5, 0.6) is 0 Å². The highest BCUT2D eigenvalue weighted by Gasteiger charge is 2.09. The van der Waals surface area contributed by atoms with Crippen LogP contribution in [0.25, 0.3) is 0 Å². The van der Waals surface area contributed by atoms with Crippen LogP contribution in [0, 0.1) is 0 Å². The van der Waals surface area contributed by atoms with Crippen molar-refractivity contribution in [2.75, 3.05) is 18.0 Å². The summed E-state index contributed by atoms with van der Waals surface area (Å²) in [6.45, 7) is 6.28. The van der Waals surface area contributed by atoms with Crippen LogP contribution in [0.2, 0.25) is 0 Å². The Morgan fingerprint density at radius 3 is 2.29 bits per heavy atom. The van der Waals surface area contributed by atoms with Gasteiger partial charge in [0.25, 0.3) is 5.91 Å². The van der Waals surface area contributed by atoms with Gasteiger partial charge in [0.1, 0.15) is 0 Å². The van der Waals surface area contributed by atoms with E-state index in [0.717, 1.165) is 18.7 Å². The smallest absolute Gasteiger partial charge is 0.254 e. The zero-order chi connectivity index (χ0) is 15.1. The van der Waals surface area contributed by atoms with Crippen molar-refractivity contribution >= 4 is 11.9 Å². The van der Waals surface area contributed by atoms with E-state index in [9.17, 15) is 4.79 Å². The van der Waals surface area contributed by atoms with E-state index in [-0.39, 0.29) is 5.91 Å². The maximum atomic E-state index is 12.0. The summed E-state index contributed by atoms with van der Waals surface area (Å²) in [5, 5.41) is 2.86. The van der Waals surface area contributed by atoms with Gasteiger partial charge in [-0.15, -0.1) is 0 Å². The topological polar surface area (TPSA) is 58.1 Å². The standard InChI is InChI=1S/C16H20N4O/c1-3-20(4-2)16-18-11-14(12-19-16)15(21)17-10-13-8-6-5-7-9-13/h5-9,11-12H,3-4,10H2,1-2H3,(H,17,21). The first-order chi connectivity index (χ1) is 10.2. The number of benzene rings is 1. The van der Waals surface area contributed by atoms with Gasteiger partial charge in [-0.3, -0.25) is 4.79 Å². The summed E-state index contributed by atoms with van der Waals surface area (Å²) in [7, 11) is 0. The van der Waals surface area contributed by atoms with Crippen molar-refractivity contribution in [2.24, 2.45) is 0 Å². The Bertz CT molecular complexity index is 565. The zero-order valence-electron chi connectivity index (χ0n) is 12.4.